The van der Waals surface area contributed by atoms with E-state index in [0.717, 1.165) is 25.0 Å². The highest BCUT2D eigenvalue weighted by atomic mass is 32.2. The lowest BCUT2D eigenvalue weighted by Crippen LogP contribution is -2.50. The van der Waals surface area contributed by atoms with Gasteiger partial charge in [-0.2, -0.15) is 8.78 Å². The average Bonchev–Trinajstić information content (AvgIpc) is 2.82. The minimum atomic E-state index is -2.79. The Hall–Kier alpha value is -1.15. The van der Waals surface area contributed by atoms with E-state index in [4.69, 9.17) is 0 Å². The summed E-state index contributed by atoms with van der Waals surface area (Å²) in [5.41, 5.74) is 0.00228. The molecule has 0 radical (unpaired) electrons. The summed E-state index contributed by atoms with van der Waals surface area (Å²) in [7, 11) is -1.15. The zero-order valence-electron chi connectivity index (χ0n) is 14.2. The molecule has 8 heteroatoms. The fourth-order valence-corrected chi connectivity index (χ4v) is 4.31. The van der Waals surface area contributed by atoms with Crippen LogP contribution in [0.15, 0.2) is 4.90 Å². The van der Waals surface area contributed by atoms with E-state index >= 15 is 0 Å². The van der Waals surface area contributed by atoms with Gasteiger partial charge in [-0.3, -0.25) is 4.21 Å². The Labute approximate surface area is 143 Å². The van der Waals surface area contributed by atoms with E-state index in [2.05, 4.69) is 20.0 Å². The number of aryl methyl sites for hydroxylation is 1. The van der Waals surface area contributed by atoms with Crippen LogP contribution in [0.25, 0.3) is 0 Å². The number of hydrogen-bond donors (Lipinski definition) is 1. The lowest BCUT2D eigenvalue weighted by atomic mass is 9.77. The molecular formula is C16H23F2N3O2S. The summed E-state index contributed by atoms with van der Waals surface area (Å²) in [6.45, 7) is 3.18. The molecule has 1 saturated carbocycles. The van der Waals surface area contributed by atoms with Crippen LogP contribution in [-0.2, 0) is 27.4 Å². The molecule has 24 heavy (non-hydrogen) atoms. The summed E-state index contributed by atoms with van der Waals surface area (Å²) in [6, 6.07) is 0. The second-order valence-corrected chi connectivity index (χ2v) is 9.06. The van der Waals surface area contributed by atoms with Gasteiger partial charge in [0.25, 0.3) is 0 Å². The fourth-order valence-electron chi connectivity index (χ4n) is 3.00. The monoisotopic (exact) mass is 359 g/mol. The van der Waals surface area contributed by atoms with Gasteiger partial charge in [0.05, 0.1) is 28.6 Å². The Morgan fingerprint density at radius 1 is 1.33 bits per heavy atom. The normalized spacial score (nSPS) is 22.3. The number of nitrogens with zero attached hydrogens (tertiary/aromatic N) is 2. The van der Waals surface area contributed by atoms with Crippen LogP contribution < -0.4 is 5.32 Å². The maximum atomic E-state index is 12.4. The third kappa shape index (κ3) is 3.44. The van der Waals surface area contributed by atoms with Gasteiger partial charge in [0.2, 0.25) is 0 Å². The van der Waals surface area contributed by atoms with Crippen molar-refractivity contribution in [1.82, 2.24) is 9.97 Å². The van der Waals surface area contributed by atoms with Crippen molar-refractivity contribution in [3.63, 3.8) is 0 Å². The predicted octanol–water partition coefficient (Wildman–Crippen LogP) is 3.01. The van der Waals surface area contributed by atoms with Crippen molar-refractivity contribution in [1.29, 1.82) is 0 Å². The molecule has 0 aromatic carbocycles. The maximum absolute atomic E-state index is 12.4. The van der Waals surface area contributed by atoms with E-state index in [-0.39, 0.29) is 12.0 Å². The van der Waals surface area contributed by atoms with Crippen LogP contribution in [0.4, 0.5) is 14.6 Å². The van der Waals surface area contributed by atoms with Crippen LogP contribution >= 0.6 is 0 Å². The van der Waals surface area contributed by atoms with Crippen LogP contribution in [-0.4, -0.2) is 38.7 Å². The highest BCUT2D eigenvalue weighted by Crippen LogP contribution is 2.39. The summed E-state index contributed by atoms with van der Waals surface area (Å²) in [4.78, 5) is 9.82. The zero-order valence-corrected chi connectivity index (χ0v) is 15.0. The molecule has 1 N–H and O–H groups in total. The number of halogens is 2. The second kappa shape index (κ2) is 6.29. The fraction of sp³-hybridized carbons (Fsp3) is 0.750. The Kier molecular flexibility index (Phi) is 4.63. The van der Waals surface area contributed by atoms with Gasteiger partial charge in [-0.25, -0.2) is 9.97 Å². The van der Waals surface area contributed by atoms with Crippen molar-refractivity contribution in [3.05, 3.63) is 11.5 Å². The van der Waals surface area contributed by atoms with Crippen molar-refractivity contribution in [2.24, 2.45) is 0 Å². The molecule has 1 aliphatic carbocycles. The van der Waals surface area contributed by atoms with Gasteiger partial charge in [0, 0.05) is 17.6 Å². The van der Waals surface area contributed by atoms with Crippen LogP contribution in [0, 0.1) is 0 Å². The van der Waals surface area contributed by atoms with Gasteiger partial charge in [0.1, 0.15) is 16.5 Å². The smallest absolute Gasteiger partial charge is 0.345 e. The first-order valence-electron chi connectivity index (χ1n) is 8.18. The van der Waals surface area contributed by atoms with Gasteiger partial charge in [-0.05, 0) is 19.3 Å². The third-order valence-electron chi connectivity index (χ3n) is 4.54. The number of hydrogen-bond acceptors (Lipinski definition) is 5. The first-order chi connectivity index (χ1) is 11.2. The molecule has 0 amide bonds. The summed E-state index contributed by atoms with van der Waals surface area (Å²) in [6.07, 6.45) is 3.07. The highest BCUT2D eigenvalue weighted by molar-refractivity contribution is 7.85. The SMILES string of the molecule is CC(C)(C)c1nc2c(c(NC3(COC(F)F)CCC3)n1)S(=O)CC2. The summed E-state index contributed by atoms with van der Waals surface area (Å²) >= 11 is 0. The second-order valence-electron chi connectivity index (χ2n) is 7.55. The van der Waals surface area contributed by atoms with Gasteiger partial charge in [-0.1, -0.05) is 20.8 Å². The van der Waals surface area contributed by atoms with E-state index in [9.17, 15) is 13.0 Å². The Balaban J connectivity index is 1.94. The number of nitrogens with one attached hydrogen (secondary N) is 1. The largest absolute Gasteiger partial charge is 0.361 e. The number of aromatic nitrogens is 2. The van der Waals surface area contributed by atoms with Gasteiger partial charge in [0.15, 0.2) is 0 Å². The summed E-state index contributed by atoms with van der Waals surface area (Å²) < 4.78 is 41.8. The topological polar surface area (TPSA) is 64.1 Å². The molecule has 2 aliphatic rings. The third-order valence-corrected chi connectivity index (χ3v) is 6.00. The highest BCUT2D eigenvalue weighted by Gasteiger charge is 2.40. The molecule has 5 nitrogen and oxygen atoms in total. The first-order valence-corrected chi connectivity index (χ1v) is 9.50. The molecule has 134 valence electrons. The van der Waals surface area contributed by atoms with Gasteiger partial charge in [-0.15, -0.1) is 0 Å². The van der Waals surface area contributed by atoms with E-state index in [1.54, 1.807) is 0 Å². The standard InChI is InChI=1S/C16H23F2N3O2S/c1-15(2,3)13-19-10-5-8-24(22)11(10)12(20-13)21-16(6-4-7-16)9-23-14(17)18/h14H,4-9H2,1-3H3,(H,19,20,21). The van der Waals surface area contributed by atoms with Crippen molar-refractivity contribution in [2.45, 2.75) is 68.9 Å². The summed E-state index contributed by atoms with van der Waals surface area (Å²) in [5, 5.41) is 3.29. The number of alkyl halides is 2. The van der Waals surface area contributed by atoms with Crippen molar-refractivity contribution in [3.8, 4) is 0 Å². The van der Waals surface area contributed by atoms with Gasteiger partial charge >= 0.3 is 6.61 Å². The van der Waals surface area contributed by atoms with Crippen molar-refractivity contribution >= 4 is 16.6 Å². The average molecular weight is 359 g/mol. The zero-order chi connectivity index (χ0) is 17.5. The molecule has 1 atom stereocenters. The van der Waals surface area contributed by atoms with E-state index in [1.165, 1.54) is 0 Å². The van der Waals surface area contributed by atoms with Crippen LogP contribution in [0.5, 0.6) is 0 Å². The molecule has 1 aliphatic heterocycles. The molecule has 1 aromatic heterocycles. The minimum absolute atomic E-state index is 0.0824. The Bertz CT molecular complexity index is 657. The van der Waals surface area contributed by atoms with Crippen molar-refractivity contribution < 1.29 is 17.7 Å². The minimum Gasteiger partial charge on any atom is -0.361 e. The first kappa shape index (κ1) is 17.7. The molecule has 0 bridgehead atoms. The van der Waals surface area contributed by atoms with Gasteiger partial charge < -0.3 is 10.1 Å². The van der Waals surface area contributed by atoms with Crippen LogP contribution in [0.1, 0.15) is 51.6 Å². The predicted molar refractivity (Wildman–Crippen MR) is 87.9 cm³/mol. The molecule has 1 unspecified atom stereocenters. The molecule has 1 fully saturated rings. The number of rotatable bonds is 5. The quantitative estimate of drug-likeness (QED) is 0.875. The lowest BCUT2D eigenvalue weighted by molar-refractivity contribution is -0.145. The van der Waals surface area contributed by atoms with Crippen LogP contribution in [0.3, 0.4) is 0 Å². The maximum Gasteiger partial charge on any atom is 0.345 e. The van der Waals surface area contributed by atoms with Crippen molar-refractivity contribution in [2.75, 3.05) is 17.7 Å². The number of anilines is 1. The summed E-state index contributed by atoms with van der Waals surface area (Å²) in [5.74, 6) is 1.73. The molecule has 0 saturated heterocycles. The molecule has 1 aromatic rings. The van der Waals surface area contributed by atoms with E-state index < -0.39 is 22.9 Å². The number of ether oxygens (including phenoxy) is 1. The lowest BCUT2D eigenvalue weighted by Gasteiger charge is -2.43. The molecule has 2 heterocycles. The Morgan fingerprint density at radius 2 is 2.04 bits per heavy atom. The Morgan fingerprint density at radius 3 is 2.58 bits per heavy atom. The van der Waals surface area contributed by atoms with E-state index in [1.807, 2.05) is 20.8 Å². The molecule has 3 rings (SSSR count). The molecule has 0 spiro atoms. The van der Waals surface area contributed by atoms with E-state index in [0.29, 0.717) is 28.7 Å². The molecular weight excluding hydrogens is 336 g/mol. The van der Waals surface area contributed by atoms with Crippen LogP contribution in [0.2, 0.25) is 0 Å². The number of fused-ring (bicyclic) bond motifs is 1.